The van der Waals surface area contributed by atoms with Gasteiger partial charge in [-0.05, 0) is 32.0 Å². The van der Waals surface area contributed by atoms with Crippen LogP contribution in [0.5, 0.6) is 0 Å². The van der Waals surface area contributed by atoms with Crippen LogP contribution in [0.15, 0.2) is 41.4 Å². The van der Waals surface area contributed by atoms with E-state index in [9.17, 15) is 14.9 Å². The fourth-order valence-corrected chi connectivity index (χ4v) is 4.40. The first kappa shape index (κ1) is 21.5. The Labute approximate surface area is 185 Å². The largest absolute Gasteiger partial charge is 0.316 e. The molecule has 29 heavy (non-hydrogen) atoms. The van der Waals surface area contributed by atoms with Gasteiger partial charge in [0, 0.05) is 29.1 Å². The molecule has 2 aromatic carbocycles. The highest BCUT2D eigenvalue weighted by molar-refractivity contribution is 7.09. The predicted molar refractivity (Wildman–Crippen MR) is 116 cm³/mol. The first-order valence-corrected chi connectivity index (χ1v) is 10.4. The number of carbonyl (C=O) groups excluding carboxylic acids is 1. The van der Waals surface area contributed by atoms with Crippen LogP contribution in [0.3, 0.4) is 0 Å². The van der Waals surface area contributed by atoms with E-state index in [0.29, 0.717) is 21.4 Å². The van der Waals surface area contributed by atoms with Crippen molar-refractivity contribution in [2.75, 3.05) is 0 Å². The zero-order valence-corrected chi connectivity index (χ0v) is 18.4. The van der Waals surface area contributed by atoms with E-state index < -0.39 is 10.8 Å². The molecule has 0 saturated heterocycles. The van der Waals surface area contributed by atoms with Crippen LogP contribution in [-0.2, 0) is 6.54 Å². The van der Waals surface area contributed by atoms with Gasteiger partial charge in [0.05, 0.1) is 31.2 Å². The van der Waals surface area contributed by atoms with E-state index in [4.69, 9.17) is 34.8 Å². The Hall–Kier alpha value is -2.19. The summed E-state index contributed by atoms with van der Waals surface area (Å²) in [6, 6.07) is 9.00. The summed E-state index contributed by atoms with van der Waals surface area (Å²) >= 11 is 19.6. The molecule has 0 fully saturated rings. The number of rotatable bonds is 4. The van der Waals surface area contributed by atoms with E-state index in [1.165, 1.54) is 23.5 Å². The zero-order valence-electron chi connectivity index (χ0n) is 15.3. The van der Waals surface area contributed by atoms with Crippen molar-refractivity contribution in [1.82, 2.24) is 4.57 Å². The molecule has 1 amide bonds. The topological polar surface area (TPSA) is 77.5 Å². The molecule has 0 unspecified atom stereocenters. The maximum absolute atomic E-state index is 12.7. The number of aryl methyl sites for hydroxylation is 1. The van der Waals surface area contributed by atoms with Gasteiger partial charge in [0.1, 0.15) is 0 Å². The molecule has 0 radical (unpaired) electrons. The van der Waals surface area contributed by atoms with Gasteiger partial charge in [-0.25, -0.2) is 0 Å². The Morgan fingerprint density at radius 3 is 2.45 bits per heavy atom. The third-order valence-electron chi connectivity index (χ3n) is 4.18. The lowest BCUT2D eigenvalue weighted by Gasteiger charge is -2.08. The quantitative estimate of drug-likeness (QED) is 0.339. The van der Waals surface area contributed by atoms with Crippen LogP contribution in [0.2, 0.25) is 15.1 Å². The van der Waals surface area contributed by atoms with Crippen molar-refractivity contribution >= 4 is 57.7 Å². The summed E-state index contributed by atoms with van der Waals surface area (Å²) < 4.78 is 1.88. The van der Waals surface area contributed by atoms with Crippen LogP contribution >= 0.6 is 46.1 Å². The molecule has 6 nitrogen and oxygen atoms in total. The summed E-state index contributed by atoms with van der Waals surface area (Å²) in [7, 11) is 0. The van der Waals surface area contributed by atoms with Crippen molar-refractivity contribution in [3.05, 3.63) is 76.8 Å². The first-order valence-electron chi connectivity index (χ1n) is 8.41. The maximum Gasteiger partial charge on any atom is 0.281 e. The van der Waals surface area contributed by atoms with E-state index in [2.05, 4.69) is 4.99 Å². The summed E-state index contributed by atoms with van der Waals surface area (Å²) in [5, 5.41) is 12.0. The molecule has 3 rings (SSSR count). The summed E-state index contributed by atoms with van der Waals surface area (Å²) in [4.78, 5) is 28.7. The number of thiazole rings is 1. The second-order valence-electron chi connectivity index (χ2n) is 6.00. The third-order valence-corrected chi connectivity index (χ3v) is 6.24. The number of nitro groups is 1. The molecule has 0 spiro atoms. The molecule has 0 atom stereocenters. The van der Waals surface area contributed by atoms with E-state index in [1.54, 1.807) is 12.1 Å². The number of nitro benzene ring substituents is 1. The van der Waals surface area contributed by atoms with Crippen LogP contribution in [0.4, 0.5) is 5.69 Å². The molecule has 1 aromatic heterocycles. The maximum atomic E-state index is 12.7. The van der Waals surface area contributed by atoms with Crippen LogP contribution < -0.4 is 4.80 Å². The normalized spacial score (nSPS) is 11.7. The molecular formula is C19H14Cl3N3O3S. The average molecular weight is 471 g/mol. The molecule has 0 aliphatic rings. The molecule has 3 aromatic rings. The van der Waals surface area contributed by atoms with Gasteiger partial charge in [-0.15, -0.1) is 11.3 Å². The minimum absolute atomic E-state index is 0.0225. The Morgan fingerprint density at radius 2 is 1.83 bits per heavy atom. The van der Waals surface area contributed by atoms with Gasteiger partial charge in [0.25, 0.3) is 11.6 Å². The monoisotopic (exact) mass is 469 g/mol. The van der Waals surface area contributed by atoms with E-state index >= 15 is 0 Å². The van der Waals surface area contributed by atoms with Crippen LogP contribution in [0.25, 0.3) is 11.3 Å². The second-order valence-corrected chi connectivity index (χ2v) is 8.40. The Kier molecular flexibility index (Phi) is 6.43. The smallest absolute Gasteiger partial charge is 0.281 e. The number of non-ortho nitro benzene ring substituents is 1. The standard InChI is InChI=1S/C19H14Cl3N3O3S/c1-3-24-17(11-4-6-15(21)16(22)8-11)10(2)29-19(24)23-18(26)13-9-12(25(27)28)5-7-14(13)20/h4-9H,3H2,1-2H3. The molecule has 0 N–H and O–H groups in total. The van der Waals surface area contributed by atoms with Crippen molar-refractivity contribution in [2.45, 2.75) is 20.4 Å². The highest BCUT2D eigenvalue weighted by Crippen LogP contribution is 2.31. The Bertz CT molecular complexity index is 1200. The highest BCUT2D eigenvalue weighted by Gasteiger charge is 2.18. The van der Waals surface area contributed by atoms with E-state index in [1.807, 2.05) is 24.5 Å². The van der Waals surface area contributed by atoms with Gasteiger partial charge in [0.2, 0.25) is 0 Å². The molecular weight excluding hydrogens is 457 g/mol. The summed E-state index contributed by atoms with van der Waals surface area (Å²) in [5.41, 5.74) is 1.46. The molecule has 0 aliphatic heterocycles. The number of nitrogens with zero attached hydrogens (tertiary/aromatic N) is 3. The number of hydrogen-bond acceptors (Lipinski definition) is 4. The number of aromatic nitrogens is 1. The number of hydrogen-bond donors (Lipinski definition) is 0. The minimum Gasteiger partial charge on any atom is -0.316 e. The van der Waals surface area contributed by atoms with Crippen LogP contribution in [0.1, 0.15) is 22.2 Å². The number of carbonyl (C=O) groups is 1. The fourth-order valence-electron chi connectivity index (χ4n) is 2.84. The van der Waals surface area contributed by atoms with Gasteiger partial charge in [-0.3, -0.25) is 14.9 Å². The van der Waals surface area contributed by atoms with Gasteiger partial charge < -0.3 is 4.57 Å². The molecule has 10 heteroatoms. The lowest BCUT2D eigenvalue weighted by atomic mass is 10.1. The molecule has 0 aliphatic carbocycles. The molecule has 150 valence electrons. The van der Waals surface area contributed by atoms with Crippen molar-refractivity contribution < 1.29 is 9.72 Å². The summed E-state index contributed by atoms with van der Waals surface area (Å²) in [6.45, 7) is 4.39. The Balaban J connectivity index is 2.14. The van der Waals surface area contributed by atoms with Crippen molar-refractivity contribution in [1.29, 1.82) is 0 Å². The van der Waals surface area contributed by atoms with Gasteiger partial charge in [-0.2, -0.15) is 4.99 Å². The van der Waals surface area contributed by atoms with E-state index in [0.717, 1.165) is 22.2 Å². The number of benzene rings is 2. The summed E-state index contributed by atoms with van der Waals surface area (Å²) in [6.07, 6.45) is 0. The van der Waals surface area contributed by atoms with Gasteiger partial charge >= 0.3 is 0 Å². The predicted octanol–water partition coefficient (Wildman–Crippen LogP) is 6.15. The lowest BCUT2D eigenvalue weighted by molar-refractivity contribution is -0.384. The zero-order chi connectivity index (χ0) is 21.3. The van der Waals surface area contributed by atoms with Crippen molar-refractivity contribution in [2.24, 2.45) is 4.99 Å². The summed E-state index contributed by atoms with van der Waals surface area (Å²) in [5.74, 6) is -0.650. The average Bonchev–Trinajstić information content (AvgIpc) is 2.98. The lowest BCUT2D eigenvalue weighted by Crippen LogP contribution is -2.17. The first-order chi connectivity index (χ1) is 13.7. The molecule has 0 saturated carbocycles. The van der Waals surface area contributed by atoms with Crippen molar-refractivity contribution in [3.63, 3.8) is 0 Å². The minimum atomic E-state index is -0.650. The van der Waals surface area contributed by atoms with Gasteiger partial charge in [-0.1, -0.05) is 40.9 Å². The van der Waals surface area contributed by atoms with Crippen LogP contribution in [-0.4, -0.2) is 15.4 Å². The Morgan fingerprint density at radius 1 is 1.14 bits per heavy atom. The number of amides is 1. The highest BCUT2D eigenvalue weighted by atomic mass is 35.5. The second kappa shape index (κ2) is 8.67. The molecule has 0 bridgehead atoms. The van der Waals surface area contributed by atoms with Crippen molar-refractivity contribution in [3.8, 4) is 11.3 Å². The fraction of sp³-hybridized carbons (Fsp3) is 0.158. The van der Waals surface area contributed by atoms with Gasteiger partial charge in [0.15, 0.2) is 4.80 Å². The third kappa shape index (κ3) is 4.38. The SMILES string of the molecule is CCn1c(-c2ccc(Cl)c(Cl)c2)c(C)sc1=NC(=O)c1cc([N+](=O)[O-])ccc1Cl. The number of halogens is 3. The van der Waals surface area contributed by atoms with Crippen LogP contribution in [0, 0.1) is 17.0 Å². The van der Waals surface area contributed by atoms with E-state index in [-0.39, 0.29) is 16.3 Å². The molecule has 1 heterocycles.